The minimum absolute atomic E-state index is 0.0948. The fraction of sp³-hybridized carbons (Fsp3) is 0.375. The number of likely N-dealkylation sites (N-methyl/N-ethyl adjacent to an activating group) is 2. The second-order valence-corrected chi connectivity index (χ2v) is 4.69. The molecule has 5 heteroatoms. The Kier molecular flexibility index (Phi) is 6.46. The summed E-state index contributed by atoms with van der Waals surface area (Å²) in [6.45, 7) is 5.67. The Morgan fingerprint density at radius 3 is 2.19 bits per heavy atom. The molecule has 1 N–H and O–H groups in total. The zero-order valence-electron chi connectivity index (χ0n) is 12.7. The summed E-state index contributed by atoms with van der Waals surface area (Å²) in [7, 11) is 1.86. The van der Waals surface area contributed by atoms with Gasteiger partial charge in [0.1, 0.15) is 0 Å². The molecule has 21 heavy (non-hydrogen) atoms. The quantitative estimate of drug-likeness (QED) is 0.781. The highest BCUT2D eigenvalue weighted by Crippen LogP contribution is 2.14. The first kappa shape index (κ1) is 16.8. The predicted octanol–water partition coefficient (Wildman–Crippen LogP) is 2.09. The molecule has 1 aromatic carbocycles. The monoisotopic (exact) mass is 290 g/mol. The van der Waals surface area contributed by atoms with Crippen LogP contribution in [0.25, 0.3) is 6.08 Å². The van der Waals surface area contributed by atoms with Gasteiger partial charge in [0, 0.05) is 31.9 Å². The minimum Gasteiger partial charge on any atom is -0.478 e. The van der Waals surface area contributed by atoms with Gasteiger partial charge in [-0.1, -0.05) is 12.1 Å². The first-order valence-electron chi connectivity index (χ1n) is 6.97. The van der Waals surface area contributed by atoms with Crippen molar-refractivity contribution in [2.45, 2.75) is 13.8 Å². The number of benzene rings is 1. The van der Waals surface area contributed by atoms with Gasteiger partial charge >= 0.3 is 5.97 Å². The molecule has 0 aliphatic rings. The Bertz CT molecular complexity index is 505. The maximum absolute atomic E-state index is 12.0. The van der Waals surface area contributed by atoms with E-state index in [-0.39, 0.29) is 5.91 Å². The highest BCUT2D eigenvalue weighted by atomic mass is 16.4. The number of hydrogen-bond acceptors (Lipinski definition) is 3. The van der Waals surface area contributed by atoms with Crippen molar-refractivity contribution in [3.8, 4) is 0 Å². The van der Waals surface area contributed by atoms with E-state index in [1.807, 2.05) is 50.1 Å². The molecular formula is C16H22N2O3. The third kappa shape index (κ3) is 5.30. The second-order valence-electron chi connectivity index (χ2n) is 4.69. The molecule has 0 aromatic heterocycles. The zero-order chi connectivity index (χ0) is 15.8. The lowest BCUT2D eigenvalue weighted by Gasteiger charge is -2.24. The molecule has 0 aliphatic carbocycles. The number of carboxylic acids is 1. The number of carbonyl (C=O) groups excluding carboxylic acids is 1. The molecule has 1 amide bonds. The van der Waals surface area contributed by atoms with Gasteiger partial charge in [-0.2, -0.15) is 0 Å². The predicted molar refractivity (Wildman–Crippen MR) is 84.3 cm³/mol. The van der Waals surface area contributed by atoms with Crippen LogP contribution in [0.3, 0.4) is 0 Å². The van der Waals surface area contributed by atoms with E-state index in [1.165, 1.54) is 6.08 Å². The first-order valence-corrected chi connectivity index (χ1v) is 6.97. The Balaban J connectivity index is 2.69. The first-order chi connectivity index (χ1) is 9.97. The summed E-state index contributed by atoms with van der Waals surface area (Å²) in [5.74, 6) is -0.877. The third-order valence-corrected chi connectivity index (χ3v) is 3.24. The number of anilines is 1. The summed E-state index contributed by atoms with van der Waals surface area (Å²) in [4.78, 5) is 26.2. The number of rotatable bonds is 7. The van der Waals surface area contributed by atoms with Gasteiger partial charge in [0.25, 0.3) is 0 Å². The number of amides is 1. The molecule has 114 valence electrons. The molecule has 5 nitrogen and oxygen atoms in total. The molecular weight excluding hydrogens is 268 g/mol. The molecule has 0 aliphatic heterocycles. The van der Waals surface area contributed by atoms with Crippen LogP contribution in [-0.2, 0) is 9.59 Å². The molecule has 0 saturated carbocycles. The fourth-order valence-electron chi connectivity index (χ4n) is 1.98. The Morgan fingerprint density at radius 1 is 1.14 bits per heavy atom. The Labute approximate surface area is 125 Å². The lowest BCUT2D eigenvalue weighted by molar-refractivity contribution is -0.131. The molecule has 0 bridgehead atoms. The molecule has 0 fully saturated rings. The van der Waals surface area contributed by atoms with E-state index in [4.69, 9.17) is 5.11 Å². The van der Waals surface area contributed by atoms with Crippen molar-refractivity contribution in [2.24, 2.45) is 0 Å². The molecule has 0 spiro atoms. The van der Waals surface area contributed by atoms with E-state index < -0.39 is 5.97 Å². The second kappa shape index (κ2) is 8.09. The normalized spacial score (nSPS) is 10.6. The maximum Gasteiger partial charge on any atom is 0.328 e. The van der Waals surface area contributed by atoms with Crippen molar-refractivity contribution in [3.05, 3.63) is 35.9 Å². The van der Waals surface area contributed by atoms with Crippen LogP contribution in [0.2, 0.25) is 0 Å². The Hall–Kier alpha value is -2.30. The van der Waals surface area contributed by atoms with Gasteiger partial charge in [0.05, 0.1) is 6.54 Å². The number of aliphatic carboxylic acids is 1. The van der Waals surface area contributed by atoms with Crippen LogP contribution in [-0.4, -0.2) is 48.6 Å². The molecule has 0 radical (unpaired) electrons. The van der Waals surface area contributed by atoms with Crippen molar-refractivity contribution >= 4 is 23.6 Å². The van der Waals surface area contributed by atoms with E-state index in [1.54, 1.807) is 4.90 Å². The van der Waals surface area contributed by atoms with E-state index in [0.29, 0.717) is 19.6 Å². The van der Waals surface area contributed by atoms with Gasteiger partial charge in [0.2, 0.25) is 5.91 Å². The van der Waals surface area contributed by atoms with Crippen molar-refractivity contribution in [3.63, 3.8) is 0 Å². The van der Waals surface area contributed by atoms with Gasteiger partial charge < -0.3 is 14.9 Å². The summed E-state index contributed by atoms with van der Waals surface area (Å²) in [5, 5.41) is 8.58. The van der Waals surface area contributed by atoms with Gasteiger partial charge in [-0.3, -0.25) is 4.79 Å². The van der Waals surface area contributed by atoms with Crippen molar-refractivity contribution < 1.29 is 14.7 Å². The molecule has 0 saturated heterocycles. The summed E-state index contributed by atoms with van der Waals surface area (Å²) in [5.41, 5.74) is 1.73. The number of carbonyl (C=O) groups is 2. The maximum atomic E-state index is 12.0. The van der Waals surface area contributed by atoms with Crippen LogP contribution in [0.15, 0.2) is 30.3 Å². The zero-order valence-corrected chi connectivity index (χ0v) is 12.7. The molecule has 0 heterocycles. The largest absolute Gasteiger partial charge is 0.478 e. The summed E-state index contributed by atoms with van der Waals surface area (Å²) < 4.78 is 0. The lowest BCUT2D eigenvalue weighted by atomic mass is 10.2. The van der Waals surface area contributed by atoms with Crippen molar-refractivity contribution in [1.29, 1.82) is 0 Å². The van der Waals surface area contributed by atoms with Crippen molar-refractivity contribution in [1.82, 2.24) is 4.90 Å². The van der Waals surface area contributed by atoms with Crippen LogP contribution in [0, 0.1) is 0 Å². The average molecular weight is 290 g/mol. The summed E-state index contributed by atoms with van der Waals surface area (Å²) in [6.07, 6.45) is 2.63. The lowest BCUT2D eigenvalue weighted by Crippen LogP contribution is -2.38. The summed E-state index contributed by atoms with van der Waals surface area (Å²) >= 11 is 0. The van der Waals surface area contributed by atoms with E-state index >= 15 is 0 Å². The molecule has 1 aromatic rings. The van der Waals surface area contributed by atoms with Crippen LogP contribution in [0.5, 0.6) is 0 Å². The van der Waals surface area contributed by atoms with E-state index in [9.17, 15) is 9.59 Å². The highest BCUT2D eigenvalue weighted by molar-refractivity contribution is 5.85. The number of nitrogens with zero attached hydrogens (tertiary/aromatic N) is 2. The topological polar surface area (TPSA) is 60.9 Å². The van der Waals surface area contributed by atoms with Gasteiger partial charge in [-0.15, -0.1) is 0 Å². The molecule has 0 unspecified atom stereocenters. The SMILES string of the molecule is CCN(CC)C(=O)CN(C)c1ccc(C=CC(=O)O)cc1. The third-order valence-electron chi connectivity index (χ3n) is 3.24. The Morgan fingerprint density at radius 2 is 1.71 bits per heavy atom. The van der Waals surface area contributed by atoms with Gasteiger partial charge in [-0.25, -0.2) is 4.79 Å². The highest BCUT2D eigenvalue weighted by Gasteiger charge is 2.12. The van der Waals surface area contributed by atoms with Crippen LogP contribution in [0.1, 0.15) is 19.4 Å². The van der Waals surface area contributed by atoms with Crippen LogP contribution >= 0.6 is 0 Å². The van der Waals surface area contributed by atoms with Gasteiger partial charge in [-0.05, 0) is 37.6 Å². The van der Waals surface area contributed by atoms with Crippen LogP contribution in [0.4, 0.5) is 5.69 Å². The number of hydrogen-bond donors (Lipinski definition) is 1. The fourth-order valence-corrected chi connectivity index (χ4v) is 1.98. The molecule has 1 rings (SSSR count). The molecule has 0 atom stereocenters. The van der Waals surface area contributed by atoms with Gasteiger partial charge in [0.15, 0.2) is 0 Å². The van der Waals surface area contributed by atoms with Crippen molar-refractivity contribution in [2.75, 3.05) is 31.6 Å². The smallest absolute Gasteiger partial charge is 0.328 e. The van der Waals surface area contributed by atoms with Crippen LogP contribution < -0.4 is 4.90 Å². The van der Waals surface area contributed by atoms with E-state index in [2.05, 4.69) is 0 Å². The van der Waals surface area contributed by atoms with E-state index in [0.717, 1.165) is 17.3 Å². The summed E-state index contributed by atoms with van der Waals surface area (Å²) in [6, 6.07) is 7.40. The average Bonchev–Trinajstić information content (AvgIpc) is 2.46. The standard InChI is InChI=1S/C16H22N2O3/c1-4-18(5-2)15(19)12-17(3)14-9-6-13(7-10-14)8-11-16(20)21/h6-11H,4-5,12H2,1-3H3,(H,20,21). The number of carboxylic acid groups (broad SMARTS) is 1. The minimum atomic E-state index is -0.971.